The average Bonchev–Trinajstić information content (AvgIpc) is 2.70. The fourth-order valence-electron chi connectivity index (χ4n) is 2.60. The van der Waals surface area contributed by atoms with Crippen LogP contribution in [0.4, 0.5) is 0 Å². The molecule has 2 aromatic rings. The zero-order chi connectivity index (χ0) is 20.0. The van der Waals surface area contributed by atoms with Crippen LogP contribution in [0.15, 0.2) is 53.4 Å². The molecule has 0 radical (unpaired) electrons. The lowest BCUT2D eigenvalue weighted by molar-refractivity contribution is 0.0741. The molecule has 1 atom stereocenters. The minimum Gasteiger partial charge on any atom is -0.496 e. The van der Waals surface area contributed by atoms with Gasteiger partial charge >= 0.3 is 0 Å². The highest BCUT2D eigenvalue weighted by atomic mass is 32.2. The number of sulfonamides is 1. The number of nitrogens with zero attached hydrogens (tertiary/aromatic N) is 1. The summed E-state index contributed by atoms with van der Waals surface area (Å²) in [5.74, 6) is 2.69. The summed E-state index contributed by atoms with van der Waals surface area (Å²) in [6.45, 7) is 1.81. The molecule has 0 aromatic heterocycles. The molecule has 2 rings (SSSR count). The van der Waals surface area contributed by atoms with Gasteiger partial charge in [0.1, 0.15) is 5.75 Å². The third-order valence-electron chi connectivity index (χ3n) is 4.27. The van der Waals surface area contributed by atoms with Crippen molar-refractivity contribution in [1.29, 1.82) is 0 Å². The van der Waals surface area contributed by atoms with E-state index in [0.717, 1.165) is 5.56 Å². The number of methoxy groups -OCH3 is 1. The predicted octanol–water partition coefficient (Wildman–Crippen LogP) is 2.44. The maximum absolute atomic E-state index is 12.8. The van der Waals surface area contributed by atoms with Crippen LogP contribution in [0.5, 0.6) is 5.75 Å². The maximum atomic E-state index is 12.8. The molecule has 0 spiro atoms. The highest BCUT2D eigenvalue weighted by Crippen LogP contribution is 2.29. The van der Waals surface area contributed by atoms with E-state index in [1.165, 1.54) is 24.3 Å². The lowest BCUT2D eigenvalue weighted by Crippen LogP contribution is -2.30. The first-order valence-corrected chi connectivity index (χ1v) is 9.73. The number of ether oxygens (including phenoxy) is 1. The minimum absolute atomic E-state index is 0.0507. The number of nitrogens with one attached hydrogen (secondary N) is 1. The number of rotatable bonds is 7. The summed E-state index contributed by atoms with van der Waals surface area (Å²) in [5, 5.41) is 0. The van der Waals surface area contributed by atoms with E-state index in [2.05, 4.69) is 10.6 Å². The molecule has 7 heteroatoms. The second-order valence-electron chi connectivity index (χ2n) is 5.89. The molecule has 0 saturated carbocycles. The Morgan fingerprint density at radius 3 is 2.44 bits per heavy atom. The SMILES string of the molecule is C#CCNS(=O)(=O)c1ccc(C(=O)N(C)C(C)c2ccccc2OC)cc1. The molecule has 27 heavy (non-hydrogen) atoms. The summed E-state index contributed by atoms with van der Waals surface area (Å²) in [4.78, 5) is 14.4. The third-order valence-corrected chi connectivity index (χ3v) is 5.68. The van der Waals surface area contributed by atoms with E-state index in [0.29, 0.717) is 11.3 Å². The average molecular weight is 386 g/mol. The van der Waals surface area contributed by atoms with E-state index in [-0.39, 0.29) is 23.4 Å². The van der Waals surface area contributed by atoms with Gasteiger partial charge in [-0.2, -0.15) is 4.72 Å². The highest BCUT2D eigenvalue weighted by Gasteiger charge is 2.22. The van der Waals surface area contributed by atoms with Crippen LogP contribution in [0.3, 0.4) is 0 Å². The van der Waals surface area contributed by atoms with Crippen LogP contribution in [-0.2, 0) is 10.0 Å². The maximum Gasteiger partial charge on any atom is 0.254 e. The third kappa shape index (κ3) is 4.67. The van der Waals surface area contributed by atoms with Crippen molar-refractivity contribution in [3.63, 3.8) is 0 Å². The lowest BCUT2D eigenvalue weighted by atomic mass is 10.0. The number of carbonyl (C=O) groups excluding carboxylic acids is 1. The molecule has 0 aliphatic heterocycles. The molecule has 0 aliphatic rings. The van der Waals surface area contributed by atoms with Crippen molar-refractivity contribution >= 4 is 15.9 Å². The van der Waals surface area contributed by atoms with Crippen LogP contribution in [0.25, 0.3) is 0 Å². The second-order valence-corrected chi connectivity index (χ2v) is 7.65. The topological polar surface area (TPSA) is 75.7 Å². The molecule has 0 aliphatic carbocycles. The molecule has 0 saturated heterocycles. The molecule has 0 bridgehead atoms. The zero-order valence-electron chi connectivity index (χ0n) is 15.5. The van der Waals surface area contributed by atoms with E-state index in [1.807, 2.05) is 31.2 Å². The van der Waals surface area contributed by atoms with Crippen LogP contribution in [0.1, 0.15) is 28.9 Å². The molecule has 1 unspecified atom stereocenters. The Labute approximate surface area is 160 Å². The first kappa shape index (κ1) is 20.5. The first-order chi connectivity index (χ1) is 12.8. The Hall–Kier alpha value is -2.82. The van der Waals surface area contributed by atoms with E-state index >= 15 is 0 Å². The van der Waals surface area contributed by atoms with Crippen molar-refractivity contribution in [2.75, 3.05) is 20.7 Å². The lowest BCUT2D eigenvalue weighted by Gasteiger charge is -2.26. The number of hydrogen-bond acceptors (Lipinski definition) is 4. The number of terminal acetylenes is 1. The minimum atomic E-state index is -3.69. The fraction of sp³-hybridized carbons (Fsp3) is 0.250. The molecular formula is C20H22N2O4S. The van der Waals surface area contributed by atoms with E-state index in [9.17, 15) is 13.2 Å². The van der Waals surface area contributed by atoms with Crippen LogP contribution in [0, 0.1) is 12.3 Å². The van der Waals surface area contributed by atoms with Gasteiger partial charge in [0, 0.05) is 18.2 Å². The fourth-order valence-corrected chi connectivity index (χ4v) is 3.53. The van der Waals surface area contributed by atoms with Gasteiger partial charge in [-0.05, 0) is 37.3 Å². The summed E-state index contributed by atoms with van der Waals surface area (Å²) in [6, 6.07) is 13.0. The summed E-state index contributed by atoms with van der Waals surface area (Å²) in [5.41, 5.74) is 1.27. The summed E-state index contributed by atoms with van der Waals surface area (Å²) in [6.07, 6.45) is 5.07. The zero-order valence-corrected chi connectivity index (χ0v) is 16.3. The molecule has 0 fully saturated rings. The van der Waals surface area contributed by atoms with Gasteiger partial charge in [-0.1, -0.05) is 24.1 Å². The smallest absolute Gasteiger partial charge is 0.254 e. The molecule has 6 nitrogen and oxygen atoms in total. The van der Waals surface area contributed by atoms with Crippen molar-refractivity contribution in [1.82, 2.24) is 9.62 Å². The number of para-hydroxylation sites is 1. The predicted molar refractivity (Wildman–Crippen MR) is 104 cm³/mol. The van der Waals surface area contributed by atoms with Crippen molar-refractivity contribution in [3.8, 4) is 18.1 Å². The summed E-state index contributed by atoms with van der Waals surface area (Å²) < 4.78 is 31.7. The van der Waals surface area contributed by atoms with Crippen molar-refractivity contribution < 1.29 is 17.9 Å². The Balaban J connectivity index is 2.21. The van der Waals surface area contributed by atoms with Crippen LogP contribution in [0.2, 0.25) is 0 Å². The molecule has 0 heterocycles. The molecule has 1 amide bonds. The molecule has 1 N–H and O–H groups in total. The monoisotopic (exact) mass is 386 g/mol. The van der Waals surface area contributed by atoms with Gasteiger partial charge < -0.3 is 9.64 Å². The largest absolute Gasteiger partial charge is 0.496 e. The molecule has 2 aromatic carbocycles. The quantitative estimate of drug-likeness (QED) is 0.742. The van der Waals surface area contributed by atoms with Gasteiger partial charge in [0.2, 0.25) is 10.0 Å². The summed E-state index contributed by atoms with van der Waals surface area (Å²) >= 11 is 0. The second kappa shape index (κ2) is 8.71. The number of carbonyl (C=O) groups is 1. The van der Waals surface area contributed by atoms with Crippen LogP contribution < -0.4 is 9.46 Å². The standard InChI is InChI=1S/C20H22N2O4S/c1-5-14-21-27(24,25)17-12-10-16(11-13-17)20(23)22(3)15(2)18-8-6-7-9-19(18)26-4/h1,6-13,15,21H,14H2,2-4H3. The number of hydrogen-bond donors (Lipinski definition) is 1. The van der Waals surface area contributed by atoms with E-state index in [4.69, 9.17) is 11.2 Å². The van der Waals surface area contributed by atoms with Gasteiger partial charge in [0.05, 0.1) is 24.6 Å². The van der Waals surface area contributed by atoms with Gasteiger partial charge in [-0.15, -0.1) is 6.42 Å². The highest BCUT2D eigenvalue weighted by molar-refractivity contribution is 7.89. The summed E-state index contributed by atoms with van der Waals surface area (Å²) in [7, 11) is -0.410. The normalized spacial score (nSPS) is 12.1. The number of benzene rings is 2. The molecule has 142 valence electrons. The van der Waals surface area contributed by atoms with Crippen molar-refractivity contribution in [3.05, 3.63) is 59.7 Å². The van der Waals surface area contributed by atoms with Crippen LogP contribution in [-0.4, -0.2) is 39.9 Å². The van der Waals surface area contributed by atoms with Crippen LogP contribution >= 0.6 is 0 Å². The van der Waals surface area contributed by atoms with Crippen molar-refractivity contribution in [2.24, 2.45) is 0 Å². The van der Waals surface area contributed by atoms with Gasteiger partial charge in [0.15, 0.2) is 0 Å². The van der Waals surface area contributed by atoms with E-state index < -0.39 is 10.0 Å². The first-order valence-electron chi connectivity index (χ1n) is 8.25. The Morgan fingerprint density at radius 2 is 1.85 bits per heavy atom. The Morgan fingerprint density at radius 1 is 1.22 bits per heavy atom. The Kier molecular flexibility index (Phi) is 6.61. The van der Waals surface area contributed by atoms with E-state index in [1.54, 1.807) is 19.1 Å². The number of amides is 1. The molecular weight excluding hydrogens is 364 g/mol. The van der Waals surface area contributed by atoms with Gasteiger partial charge in [-0.25, -0.2) is 8.42 Å². The van der Waals surface area contributed by atoms with Crippen molar-refractivity contribution in [2.45, 2.75) is 17.9 Å². The van der Waals surface area contributed by atoms with Gasteiger partial charge in [-0.3, -0.25) is 4.79 Å². The Bertz CT molecular complexity index is 947. The van der Waals surface area contributed by atoms with Gasteiger partial charge in [0.25, 0.3) is 5.91 Å².